The summed E-state index contributed by atoms with van der Waals surface area (Å²) >= 11 is 0. The molecule has 0 fully saturated rings. The minimum Gasteiger partial charge on any atom is -0.355 e. The summed E-state index contributed by atoms with van der Waals surface area (Å²) in [6, 6.07) is 16.9. The average Bonchev–Trinajstić information content (AvgIpc) is 3.06. The van der Waals surface area contributed by atoms with Gasteiger partial charge in [-0.05, 0) is 30.7 Å². The van der Waals surface area contributed by atoms with Gasteiger partial charge in [-0.15, -0.1) is 0 Å². The van der Waals surface area contributed by atoms with Crippen molar-refractivity contribution in [1.29, 1.82) is 0 Å². The van der Waals surface area contributed by atoms with Gasteiger partial charge in [-0.25, -0.2) is 4.98 Å². The Balaban J connectivity index is 1.68. The van der Waals surface area contributed by atoms with Crippen LogP contribution < -0.4 is 10.6 Å². The molecule has 0 aliphatic rings. The van der Waals surface area contributed by atoms with Crippen LogP contribution in [0.25, 0.3) is 11.0 Å². The Bertz CT molecular complexity index is 934. The van der Waals surface area contributed by atoms with Gasteiger partial charge in [0.15, 0.2) is 0 Å². The molecule has 0 bridgehead atoms. The lowest BCUT2D eigenvalue weighted by molar-refractivity contribution is -0.121. The molecule has 2 N–H and O–H groups in total. The fourth-order valence-corrected chi connectivity index (χ4v) is 3.08. The molecule has 0 aliphatic carbocycles. The Morgan fingerprint density at radius 2 is 1.71 bits per heavy atom. The number of aromatic nitrogens is 2. The molecule has 0 atom stereocenters. The van der Waals surface area contributed by atoms with E-state index in [2.05, 4.69) is 22.5 Å². The number of hydrogen-bond acceptors (Lipinski definition) is 3. The van der Waals surface area contributed by atoms with E-state index in [0.29, 0.717) is 25.1 Å². The van der Waals surface area contributed by atoms with Crippen LogP contribution in [0, 0.1) is 0 Å². The molecule has 2 aromatic carbocycles. The molecule has 1 aromatic heterocycles. The van der Waals surface area contributed by atoms with Gasteiger partial charge in [-0.1, -0.05) is 43.7 Å². The van der Waals surface area contributed by atoms with Crippen LogP contribution in [0.2, 0.25) is 0 Å². The van der Waals surface area contributed by atoms with Gasteiger partial charge in [0.1, 0.15) is 12.4 Å². The number of imidazole rings is 1. The topological polar surface area (TPSA) is 76.0 Å². The van der Waals surface area contributed by atoms with Crippen LogP contribution in [0.3, 0.4) is 0 Å². The van der Waals surface area contributed by atoms with Gasteiger partial charge in [0, 0.05) is 25.1 Å². The maximum atomic E-state index is 12.3. The van der Waals surface area contributed by atoms with Gasteiger partial charge >= 0.3 is 0 Å². The van der Waals surface area contributed by atoms with Crippen LogP contribution in [0.15, 0.2) is 54.6 Å². The van der Waals surface area contributed by atoms with Crippen molar-refractivity contribution in [1.82, 2.24) is 20.2 Å². The predicted molar refractivity (Wildman–Crippen MR) is 110 cm³/mol. The number of carbonyl (C=O) groups excluding carboxylic acids is 2. The first-order valence-electron chi connectivity index (χ1n) is 9.73. The maximum Gasteiger partial charge on any atom is 0.251 e. The summed E-state index contributed by atoms with van der Waals surface area (Å²) in [6.45, 7) is 3.46. The van der Waals surface area contributed by atoms with E-state index in [9.17, 15) is 9.59 Å². The number of nitrogens with one attached hydrogen (secondary N) is 2. The van der Waals surface area contributed by atoms with Crippen molar-refractivity contribution in [3.8, 4) is 0 Å². The highest BCUT2D eigenvalue weighted by Crippen LogP contribution is 2.16. The second kappa shape index (κ2) is 9.69. The highest BCUT2D eigenvalue weighted by Gasteiger charge is 2.14. The SMILES string of the molecule is CCCCNC(=O)Cn1c(CCNC(=O)c2ccccc2)nc2ccccc21. The molecular formula is C22H26N4O2. The van der Waals surface area contributed by atoms with Crippen LogP contribution in [-0.2, 0) is 17.8 Å². The quantitative estimate of drug-likeness (QED) is 0.562. The fraction of sp³-hybridized carbons (Fsp3) is 0.318. The number of carbonyl (C=O) groups is 2. The zero-order valence-electron chi connectivity index (χ0n) is 16.1. The Hall–Kier alpha value is -3.15. The van der Waals surface area contributed by atoms with E-state index in [4.69, 9.17) is 0 Å². The van der Waals surface area contributed by atoms with Crippen molar-refractivity contribution in [2.75, 3.05) is 13.1 Å². The van der Waals surface area contributed by atoms with Crippen LogP contribution in [0.1, 0.15) is 35.9 Å². The van der Waals surface area contributed by atoms with Crippen LogP contribution in [0.4, 0.5) is 0 Å². The Morgan fingerprint density at radius 1 is 0.964 bits per heavy atom. The number of unbranched alkanes of at least 4 members (excludes halogenated alkanes) is 1. The molecule has 0 saturated heterocycles. The Kier molecular flexibility index (Phi) is 6.78. The average molecular weight is 378 g/mol. The monoisotopic (exact) mass is 378 g/mol. The van der Waals surface area contributed by atoms with Crippen LogP contribution >= 0.6 is 0 Å². The van der Waals surface area contributed by atoms with Crippen LogP contribution in [-0.4, -0.2) is 34.5 Å². The van der Waals surface area contributed by atoms with Crippen molar-refractivity contribution in [2.45, 2.75) is 32.7 Å². The minimum absolute atomic E-state index is 0.0221. The van der Waals surface area contributed by atoms with Gasteiger partial charge < -0.3 is 15.2 Å². The summed E-state index contributed by atoms with van der Waals surface area (Å²) in [6.07, 6.45) is 2.56. The third-order valence-corrected chi connectivity index (χ3v) is 4.56. The molecule has 6 nitrogen and oxygen atoms in total. The van der Waals surface area contributed by atoms with E-state index in [1.807, 2.05) is 47.0 Å². The summed E-state index contributed by atoms with van der Waals surface area (Å²) in [5.74, 6) is 0.659. The lowest BCUT2D eigenvalue weighted by Crippen LogP contribution is -2.30. The second-order valence-corrected chi connectivity index (χ2v) is 6.68. The van der Waals surface area contributed by atoms with Gasteiger partial charge in [0.25, 0.3) is 5.91 Å². The summed E-state index contributed by atoms with van der Waals surface area (Å²) in [5, 5.41) is 5.87. The molecule has 3 rings (SSSR count). The number of nitrogens with zero attached hydrogens (tertiary/aromatic N) is 2. The van der Waals surface area contributed by atoms with Gasteiger partial charge in [-0.3, -0.25) is 9.59 Å². The van der Waals surface area contributed by atoms with E-state index < -0.39 is 0 Å². The first-order chi connectivity index (χ1) is 13.7. The van der Waals surface area contributed by atoms with Gasteiger partial charge in [0.2, 0.25) is 5.91 Å². The molecule has 146 valence electrons. The number of benzene rings is 2. The largest absolute Gasteiger partial charge is 0.355 e. The standard InChI is InChI=1S/C22H26N4O2/c1-2-3-14-23-21(27)16-26-19-12-8-7-11-18(19)25-20(26)13-15-24-22(28)17-9-5-4-6-10-17/h4-12H,2-3,13-16H2,1H3,(H,23,27)(H,24,28). The highest BCUT2D eigenvalue weighted by molar-refractivity contribution is 5.94. The maximum absolute atomic E-state index is 12.3. The minimum atomic E-state index is -0.111. The summed E-state index contributed by atoms with van der Waals surface area (Å²) in [5.41, 5.74) is 2.41. The molecule has 0 spiro atoms. The summed E-state index contributed by atoms with van der Waals surface area (Å²) in [4.78, 5) is 29.2. The smallest absolute Gasteiger partial charge is 0.251 e. The van der Waals surface area contributed by atoms with Crippen molar-refractivity contribution in [3.63, 3.8) is 0 Å². The molecule has 0 saturated carbocycles. The molecule has 2 amide bonds. The number of amides is 2. The molecule has 0 unspecified atom stereocenters. The van der Waals surface area contributed by atoms with Gasteiger partial charge in [0.05, 0.1) is 11.0 Å². The summed E-state index contributed by atoms with van der Waals surface area (Å²) < 4.78 is 1.94. The first kappa shape index (κ1) is 19.6. The zero-order chi connectivity index (χ0) is 19.8. The Morgan fingerprint density at radius 3 is 2.50 bits per heavy atom. The third kappa shape index (κ3) is 4.97. The van der Waals surface area contributed by atoms with E-state index >= 15 is 0 Å². The Labute approximate surface area is 165 Å². The molecule has 1 heterocycles. The van der Waals surface area contributed by atoms with E-state index in [0.717, 1.165) is 29.7 Å². The number of fused-ring (bicyclic) bond motifs is 1. The highest BCUT2D eigenvalue weighted by atomic mass is 16.2. The normalized spacial score (nSPS) is 10.8. The van der Waals surface area contributed by atoms with Gasteiger partial charge in [-0.2, -0.15) is 0 Å². The fourth-order valence-electron chi connectivity index (χ4n) is 3.08. The second-order valence-electron chi connectivity index (χ2n) is 6.68. The number of hydrogen-bond donors (Lipinski definition) is 2. The summed E-state index contributed by atoms with van der Waals surface area (Å²) in [7, 11) is 0. The van der Waals surface area contributed by atoms with Crippen molar-refractivity contribution in [3.05, 3.63) is 66.0 Å². The van der Waals surface area contributed by atoms with Crippen LogP contribution in [0.5, 0.6) is 0 Å². The molecule has 0 radical (unpaired) electrons. The molecule has 0 aliphatic heterocycles. The van der Waals surface area contributed by atoms with E-state index in [1.54, 1.807) is 12.1 Å². The van der Waals surface area contributed by atoms with Crippen molar-refractivity contribution in [2.24, 2.45) is 0 Å². The predicted octanol–water partition coefficient (Wildman–Crippen LogP) is 2.93. The lowest BCUT2D eigenvalue weighted by Gasteiger charge is -2.10. The number of rotatable bonds is 9. The third-order valence-electron chi connectivity index (χ3n) is 4.56. The molecular weight excluding hydrogens is 352 g/mol. The van der Waals surface area contributed by atoms with E-state index in [-0.39, 0.29) is 18.4 Å². The lowest BCUT2D eigenvalue weighted by atomic mass is 10.2. The number of para-hydroxylation sites is 2. The van der Waals surface area contributed by atoms with Crippen molar-refractivity contribution < 1.29 is 9.59 Å². The van der Waals surface area contributed by atoms with Crippen molar-refractivity contribution >= 4 is 22.8 Å². The molecule has 6 heteroatoms. The molecule has 3 aromatic rings. The van der Waals surface area contributed by atoms with E-state index in [1.165, 1.54) is 0 Å². The molecule has 28 heavy (non-hydrogen) atoms. The zero-order valence-corrected chi connectivity index (χ0v) is 16.1. The first-order valence-corrected chi connectivity index (χ1v) is 9.73.